The first kappa shape index (κ1) is 12.2. The Bertz CT molecular complexity index is 387. The van der Waals surface area contributed by atoms with Gasteiger partial charge in [0.05, 0.1) is 5.31 Å². The molecule has 0 aliphatic rings. The van der Waals surface area contributed by atoms with Gasteiger partial charge in [-0.15, -0.1) is 0 Å². The molecule has 4 heteroatoms. The van der Waals surface area contributed by atoms with Gasteiger partial charge in [-0.05, 0) is 12.5 Å². The van der Waals surface area contributed by atoms with Gasteiger partial charge in [-0.3, -0.25) is 4.57 Å². The molecule has 3 nitrogen and oxygen atoms in total. The zero-order valence-corrected chi connectivity index (χ0v) is 10.1. The van der Waals surface area contributed by atoms with E-state index in [1.54, 1.807) is 0 Å². The molecule has 0 heterocycles. The zero-order chi connectivity index (χ0) is 11.5. The Morgan fingerprint density at radius 3 is 2.07 bits per heavy atom. The van der Waals surface area contributed by atoms with Crippen LogP contribution in [0.5, 0.6) is 0 Å². The Kier molecular flexibility index (Phi) is 3.86. The minimum absolute atomic E-state index is 0.382. The Morgan fingerprint density at radius 2 is 1.67 bits per heavy atom. The molecule has 0 bridgehead atoms. The Labute approximate surface area is 90.3 Å². The van der Waals surface area contributed by atoms with Crippen molar-refractivity contribution in [3.63, 3.8) is 0 Å². The van der Waals surface area contributed by atoms with Crippen LogP contribution in [0.4, 0.5) is 0 Å². The summed E-state index contributed by atoms with van der Waals surface area (Å²) in [5, 5.41) is 0.382. The van der Waals surface area contributed by atoms with Crippen LogP contribution in [0.1, 0.15) is 11.1 Å². The summed E-state index contributed by atoms with van der Waals surface area (Å²) in [6.45, 7) is 5.74. The van der Waals surface area contributed by atoms with Crippen LogP contribution in [0.25, 0.3) is 5.31 Å². The van der Waals surface area contributed by atoms with Crippen LogP contribution in [0, 0.1) is 6.92 Å². The van der Waals surface area contributed by atoms with Crippen LogP contribution in [0.2, 0.25) is 0 Å². The molecular weight excluding hydrogens is 211 g/mol. The van der Waals surface area contributed by atoms with E-state index in [1.165, 1.54) is 14.2 Å². The number of rotatable bonds is 4. The van der Waals surface area contributed by atoms with Crippen LogP contribution in [-0.2, 0) is 13.6 Å². The van der Waals surface area contributed by atoms with Gasteiger partial charge in [-0.2, -0.15) is 0 Å². The fraction of sp³-hybridized carbons (Fsp3) is 0.273. The Balaban J connectivity index is 3.04. The van der Waals surface area contributed by atoms with Crippen LogP contribution >= 0.6 is 7.60 Å². The molecule has 0 radical (unpaired) electrons. The second-order valence-corrected chi connectivity index (χ2v) is 5.44. The molecule has 0 amide bonds. The van der Waals surface area contributed by atoms with E-state index < -0.39 is 7.60 Å². The summed E-state index contributed by atoms with van der Waals surface area (Å²) in [7, 11) is -0.502. The Morgan fingerprint density at radius 1 is 1.20 bits per heavy atom. The van der Waals surface area contributed by atoms with E-state index in [0.717, 1.165) is 11.1 Å². The van der Waals surface area contributed by atoms with Crippen molar-refractivity contribution in [2.24, 2.45) is 0 Å². The van der Waals surface area contributed by atoms with Gasteiger partial charge >= 0.3 is 7.60 Å². The monoisotopic (exact) mass is 226 g/mol. The molecular formula is C11H15O3P. The van der Waals surface area contributed by atoms with E-state index in [2.05, 4.69) is 6.58 Å². The predicted octanol–water partition coefficient (Wildman–Crippen LogP) is 3.45. The van der Waals surface area contributed by atoms with Crippen LogP contribution < -0.4 is 0 Å². The number of hydrogen-bond acceptors (Lipinski definition) is 3. The minimum atomic E-state index is -3.20. The van der Waals surface area contributed by atoms with Crippen molar-refractivity contribution < 1.29 is 13.6 Å². The molecule has 1 aromatic rings. The van der Waals surface area contributed by atoms with E-state index in [0.29, 0.717) is 5.31 Å². The molecule has 0 N–H and O–H groups in total. The van der Waals surface area contributed by atoms with Gasteiger partial charge in [0, 0.05) is 14.2 Å². The van der Waals surface area contributed by atoms with E-state index in [1.807, 2.05) is 31.2 Å². The lowest BCUT2D eigenvalue weighted by molar-refractivity contribution is 0.288. The molecule has 0 saturated carbocycles. The van der Waals surface area contributed by atoms with Gasteiger partial charge in [-0.25, -0.2) is 0 Å². The number of benzene rings is 1. The first-order chi connectivity index (χ1) is 7.03. The molecule has 82 valence electrons. The molecule has 0 spiro atoms. The van der Waals surface area contributed by atoms with Crippen LogP contribution in [-0.4, -0.2) is 14.2 Å². The van der Waals surface area contributed by atoms with E-state index in [9.17, 15) is 4.57 Å². The van der Waals surface area contributed by atoms with Crippen molar-refractivity contribution in [2.45, 2.75) is 6.92 Å². The molecule has 0 aromatic heterocycles. The summed E-state index contributed by atoms with van der Waals surface area (Å²) in [4.78, 5) is 0. The van der Waals surface area contributed by atoms with E-state index in [-0.39, 0.29) is 0 Å². The lowest BCUT2D eigenvalue weighted by atomic mass is 10.1. The van der Waals surface area contributed by atoms with Gasteiger partial charge < -0.3 is 9.05 Å². The van der Waals surface area contributed by atoms with Crippen molar-refractivity contribution in [3.05, 3.63) is 42.0 Å². The second-order valence-electron chi connectivity index (χ2n) is 3.18. The van der Waals surface area contributed by atoms with E-state index in [4.69, 9.17) is 9.05 Å². The molecule has 15 heavy (non-hydrogen) atoms. The highest BCUT2D eigenvalue weighted by molar-refractivity contribution is 7.65. The zero-order valence-electron chi connectivity index (χ0n) is 9.19. The summed E-state index contributed by atoms with van der Waals surface area (Å²) in [6, 6.07) is 7.55. The third kappa shape index (κ3) is 2.57. The maximum atomic E-state index is 12.0. The van der Waals surface area contributed by atoms with Crippen molar-refractivity contribution in [3.8, 4) is 0 Å². The van der Waals surface area contributed by atoms with Crippen LogP contribution in [0.15, 0.2) is 30.8 Å². The average Bonchev–Trinajstić information content (AvgIpc) is 2.28. The van der Waals surface area contributed by atoms with Crippen LogP contribution in [0.3, 0.4) is 0 Å². The largest absolute Gasteiger partial charge is 0.360 e. The van der Waals surface area contributed by atoms with Gasteiger partial charge in [-0.1, -0.05) is 36.4 Å². The van der Waals surface area contributed by atoms with Gasteiger partial charge in [0.15, 0.2) is 0 Å². The van der Waals surface area contributed by atoms with Gasteiger partial charge in [0.1, 0.15) is 0 Å². The summed E-state index contributed by atoms with van der Waals surface area (Å²) >= 11 is 0. The highest BCUT2D eigenvalue weighted by Gasteiger charge is 2.26. The molecule has 0 aliphatic carbocycles. The smallest absolute Gasteiger partial charge is 0.309 e. The Hall–Kier alpha value is -0.890. The summed E-state index contributed by atoms with van der Waals surface area (Å²) in [5.74, 6) is 0. The quantitative estimate of drug-likeness (QED) is 0.737. The minimum Gasteiger partial charge on any atom is -0.309 e. The summed E-state index contributed by atoms with van der Waals surface area (Å²) in [5.41, 5.74) is 1.91. The molecule has 1 rings (SSSR count). The third-order valence-corrected chi connectivity index (χ3v) is 4.08. The predicted molar refractivity (Wildman–Crippen MR) is 61.8 cm³/mol. The summed E-state index contributed by atoms with van der Waals surface area (Å²) in [6.07, 6.45) is 0. The fourth-order valence-corrected chi connectivity index (χ4v) is 2.25. The molecule has 0 unspecified atom stereocenters. The van der Waals surface area contributed by atoms with E-state index >= 15 is 0 Å². The molecule has 0 fully saturated rings. The third-order valence-electron chi connectivity index (χ3n) is 2.20. The molecule has 1 aromatic carbocycles. The maximum absolute atomic E-state index is 12.0. The topological polar surface area (TPSA) is 35.5 Å². The molecule has 0 atom stereocenters. The highest BCUT2D eigenvalue weighted by atomic mass is 31.2. The van der Waals surface area contributed by atoms with Crippen molar-refractivity contribution in [2.75, 3.05) is 14.2 Å². The van der Waals surface area contributed by atoms with Gasteiger partial charge in [0.2, 0.25) is 0 Å². The molecule has 0 saturated heterocycles. The fourth-order valence-electron chi connectivity index (χ4n) is 1.20. The SMILES string of the molecule is C=C(c1ccc(C)cc1)P(=O)(OC)OC. The van der Waals surface area contributed by atoms with Crippen molar-refractivity contribution in [1.82, 2.24) is 0 Å². The molecule has 0 aliphatic heterocycles. The summed E-state index contributed by atoms with van der Waals surface area (Å²) < 4.78 is 21.7. The number of hydrogen-bond donors (Lipinski definition) is 0. The lowest BCUT2D eigenvalue weighted by Gasteiger charge is -2.16. The standard InChI is InChI=1S/C11H15O3P/c1-9-5-7-11(8-6-9)10(2)15(12,13-3)14-4/h5-8H,2H2,1,3-4H3. The maximum Gasteiger partial charge on any atom is 0.360 e. The first-order valence-corrected chi connectivity index (χ1v) is 6.06. The average molecular weight is 226 g/mol. The normalized spacial score (nSPS) is 11.4. The second kappa shape index (κ2) is 4.75. The lowest BCUT2D eigenvalue weighted by Crippen LogP contribution is -1.91. The van der Waals surface area contributed by atoms with Crippen molar-refractivity contribution in [1.29, 1.82) is 0 Å². The highest BCUT2D eigenvalue weighted by Crippen LogP contribution is 2.58. The first-order valence-electron chi connectivity index (χ1n) is 4.51. The van der Waals surface area contributed by atoms with Crippen molar-refractivity contribution >= 4 is 12.9 Å². The van der Waals surface area contributed by atoms with Gasteiger partial charge in [0.25, 0.3) is 0 Å². The number of aryl methyl sites for hydroxylation is 1.